The molecule has 0 aromatic carbocycles. The van der Waals surface area contributed by atoms with E-state index in [9.17, 15) is 0 Å². The van der Waals surface area contributed by atoms with Gasteiger partial charge in [0.2, 0.25) is 0 Å². The van der Waals surface area contributed by atoms with Crippen molar-refractivity contribution in [2.75, 3.05) is 0 Å². The third-order valence-corrected chi connectivity index (χ3v) is 5.61. The number of nitrogens with zero attached hydrogens (tertiary/aromatic N) is 5. The summed E-state index contributed by atoms with van der Waals surface area (Å²) in [6.07, 6.45) is 6.05. The van der Waals surface area contributed by atoms with Gasteiger partial charge in [-0.1, -0.05) is 18.7 Å². The third-order valence-electron chi connectivity index (χ3n) is 3.74. The van der Waals surface area contributed by atoms with E-state index in [0.29, 0.717) is 12.0 Å². The number of hydrogen-bond donors (Lipinski definition) is 0. The Bertz CT molecular complexity index is 612. The molecule has 2 saturated carbocycles. The first-order valence-electron chi connectivity index (χ1n) is 7.24. The van der Waals surface area contributed by atoms with Crippen LogP contribution in [0, 0.1) is 0 Å². The molecule has 0 unspecified atom stereocenters. The van der Waals surface area contributed by atoms with Crippen molar-refractivity contribution in [1.29, 1.82) is 0 Å². The van der Waals surface area contributed by atoms with Gasteiger partial charge in [0.25, 0.3) is 0 Å². The highest BCUT2D eigenvalue weighted by molar-refractivity contribution is 8.00. The summed E-state index contributed by atoms with van der Waals surface area (Å²) in [6, 6.07) is 0.664. The van der Waals surface area contributed by atoms with Crippen molar-refractivity contribution >= 4 is 23.3 Å². The average Bonchev–Trinajstić information content (AvgIpc) is 3.39. The molecular weight excluding hydrogens is 290 g/mol. The van der Waals surface area contributed by atoms with Crippen LogP contribution in [0.15, 0.2) is 4.34 Å². The minimum Gasteiger partial charge on any atom is -0.311 e. The average molecular weight is 307 g/mol. The molecule has 4 rings (SSSR count). The molecule has 2 aliphatic rings. The summed E-state index contributed by atoms with van der Waals surface area (Å²) in [5.41, 5.74) is 0. The van der Waals surface area contributed by atoms with E-state index in [-0.39, 0.29) is 0 Å². The summed E-state index contributed by atoms with van der Waals surface area (Å²) >= 11 is 3.23. The first-order chi connectivity index (χ1) is 9.85. The lowest BCUT2D eigenvalue weighted by molar-refractivity contribution is 0.661. The highest BCUT2D eigenvalue weighted by Crippen LogP contribution is 2.45. The van der Waals surface area contributed by atoms with Crippen LogP contribution in [0.1, 0.15) is 62.0 Å². The van der Waals surface area contributed by atoms with Crippen molar-refractivity contribution in [2.24, 2.45) is 0 Å². The zero-order chi connectivity index (χ0) is 13.5. The van der Waals surface area contributed by atoms with Gasteiger partial charge >= 0.3 is 0 Å². The lowest BCUT2D eigenvalue weighted by atomic mass is 10.4. The highest BCUT2D eigenvalue weighted by Gasteiger charge is 2.36. The molecule has 0 spiro atoms. The Balaban J connectivity index is 1.50. The van der Waals surface area contributed by atoms with Crippen LogP contribution in [0.25, 0.3) is 0 Å². The number of rotatable bonds is 6. The smallest absolute Gasteiger partial charge is 0.170 e. The third kappa shape index (κ3) is 2.48. The van der Waals surface area contributed by atoms with Crippen LogP contribution in [-0.4, -0.2) is 24.1 Å². The Morgan fingerprint density at radius 3 is 2.75 bits per heavy atom. The molecule has 0 N–H and O–H groups in total. The Kier molecular flexibility index (Phi) is 3.26. The van der Waals surface area contributed by atoms with Gasteiger partial charge in [0.1, 0.15) is 17.5 Å². The number of aromatic nitrogens is 5. The van der Waals surface area contributed by atoms with Gasteiger partial charge in [-0.05, 0) is 37.2 Å². The Labute approximate surface area is 126 Å². The second-order valence-corrected chi connectivity index (χ2v) is 7.44. The van der Waals surface area contributed by atoms with Gasteiger partial charge in [-0.2, -0.15) is 4.37 Å². The van der Waals surface area contributed by atoms with E-state index in [4.69, 9.17) is 0 Å². The minimum atomic E-state index is 0.664. The van der Waals surface area contributed by atoms with E-state index < -0.39 is 0 Å². The zero-order valence-corrected chi connectivity index (χ0v) is 13.1. The van der Waals surface area contributed by atoms with Crippen LogP contribution in [0.4, 0.5) is 0 Å². The molecule has 2 aliphatic carbocycles. The predicted molar refractivity (Wildman–Crippen MR) is 79.1 cm³/mol. The summed E-state index contributed by atoms with van der Waals surface area (Å²) in [4.78, 5) is 4.50. The zero-order valence-electron chi connectivity index (χ0n) is 11.4. The highest BCUT2D eigenvalue weighted by atomic mass is 32.2. The molecule has 0 bridgehead atoms. The summed E-state index contributed by atoms with van der Waals surface area (Å²) in [5, 5.41) is 8.87. The Hall–Kier alpha value is -0.950. The topological polar surface area (TPSA) is 56.5 Å². The molecule has 0 radical (unpaired) electrons. The molecule has 7 heteroatoms. The van der Waals surface area contributed by atoms with Crippen LogP contribution < -0.4 is 0 Å². The van der Waals surface area contributed by atoms with E-state index >= 15 is 0 Å². The van der Waals surface area contributed by atoms with Crippen molar-refractivity contribution in [2.45, 2.75) is 61.1 Å². The maximum absolute atomic E-state index is 4.50. The van der Waals surface area contributed by atoms with Gasteiger partial charge in [-0.3, -0.25) is 0 Å². The summed E-state index contributed by atoms with van der Waals surface area (Å²) in [6.45, 7) is 2.09. The number of thioether (sulfide) groups is 1. The van der Waals surface area contributed by atoms with Gasteiger partial charge in [-0.25, -0.2) is 4.98 Å². The van der Waals surface area contributed by atoms with Gasteiger partial charge in [0, 0.05) is 18.4 Å². The van der Waals surface area contributed by atoms with Crippen LogP contribution in [0.2, 0.25) is 0 Å². The van der Waals surface area contributed by atoms with Crippen LogP contribution >= 0.6 is 23.3 Å². The molecular formula is C13H17N5S2. The van der Waals surface area contributed by atoms with E-state index in [0.717, 1.165) is 28.2 Å². The van der Waals surface area contributed by atoms with Crippen molar-refractivity contribution in [1.82, 2.24) is 24.1 Å². The molecule has 0 amide bonds. The second kappa shape index (κ2) is 5.11. The minimum absolute atomic E-state index is 0.664. The fourth-order valence-corrected chi connectivity index (χ4v) is 3.97. The largest absolute Gasteiger partial charge is 0.311 e. The summed E-state index contributed by atoms with van der Waals surface area (Å²) in [5.74, 6) is 4.83. The molecule has 2 aromatic heterocycles. The molecule has 2 fully saturated rings. The van der Waals surface area contributed by atoms with Crippen LogP contribution in [0.3, 0.4) is 0 Å². The van der Waals surface area contributed by atoms with Crippen molar-refractivity contribution < 1.29 is 0 Å². The van der Waals surface area contributed by atoms with Crippen LogP contribution in [0.5, 0.6) is 0 Å². The summed E-state index contributed by atoms with van der Waals surface area (Å²) < 4.78 is 7.78. The fraction of sp³-hybridized carbons (Fsp3) is 0.692. The van der Waals surface area contributed by atoms with Crippen molar-refractivity contribution in [3.63, 3.8) is 0 Å². The molecule has 0 saturated heterocycles. The van der Waals surface area contributed by atoms with Gasteiger partial charge in [0.05, 0.1) is 5.75 Å². The maximum Gasteiger partial charge on any atom is 0.170 e. The normalized spacial score (nSPS) is 18.6. The van der Waals surface area contributed by atoms with E-state index in [2.05, 4.69) is 31.0 Å². The first kappa shape index (κ1) is 12.8. The molecule has 5 nitrogen and oxygen atoms in total. The molecule has 2 aromatic rings. The lowest BCUT2D eigenvalue weighted by Crippen LogP contribution is -2.04. The quantitative estimate of drug-likeness (QED) is 0.767. The Morgan fingerprint density at radius 1 is 1.25 bits per heavy atom. The second-order valence-electron chi connectivity index (χ2n) is 5.47. The lowest BCUT2D eigenvalue weighted by Gasteiger charge is -2.07. The first-order valence-corrected chi connectivity index (χ1v) is 9.00. The molecule has 20 heavy (non-hydrogen) atoms. The summed E-state index contributed by atoms with van der Waals surface area (Å²) in [7, 11) is 0. The molecule has 106 valence electrons. The standard InChI is InChI=1S/C13H17N5S2/c1-2-10-14-13(20-17-10)19-7-11-15-16-12(8-3-4-8)18(11)9-5-6-9/h8-9H,2-7H2,1H3. The SMILES string of the molecule is CCc1nsc(SCc2nnc(C3CC3)n2C2CC2)n1. The molecule has 0 atom stereocenters. The predicted octanol–water partition coefficient (Wildman–Crippen LogP) is 3.20. The molecule has 0 aliphatic heterocycles. The van der Waals surface area contributed by atoms with E-state index in [1.807, 2.05) is 0 Å². The molecule has 2 heterocycles. The van der Waals surface area contributed by atoms with E-state index in [1.54, 1.807) is 11.8 Å². The fourth-order valence-electron chi connectivity index (χ4n) is 2.35. The van der Waals surface area contributed by atoms with Gasteiger partial charge < -0.3 is 4.57 Å². The maximum atomic E-state index is 4.50. The number of aryl methyl sites for hydroxylation is 1. The van der Waals surface area contributed by atoms with E-state index in [1.165, 1.54) is 43.0 Å². The van der Waals surface area contributed by atoms with Crippen LogP contribution in [-0.2, 0) is 12.2 Å². The Morgan fingerprint density at radius 2 is 2.10 bits per heavy atom. The van der Waals surface area contributed by atoms with Crippen molar-refractivity contribution in [3.05, 3.63) is 17.5 Å². The van der Waals surface area contributed by atoms with Gasteiger partial charge in [-0.15, -0.1) is 10.2 Å². The van der Waals surface area contributed by atoms with Gasteiger partial charge in [0.15, 0.2) is 4.34 Å². The monoisotopic (exact) mass is 307 g/mol. The van der Waals surface area contributed by atoms with Crippen molar-refractivity contribution in [3.8, 4) is 0 Å². The number of hydrogen-bond acceptors (Lipinski definition) is 6.